The van der Waals surface area contributed by atoms with E-state index in [0.717, 1.165) is 11.3 Å². The average Bonchev–Trinajstić information content (AvgIpc) is 3.08. The zero-order valence-electron chi connectivity index (χ0n) is 14.9. The topological polar surface area (TPSA) is 105 Å². The van der Waals surface area contributed by atoms with Gasteiger partial charge < -0.3 is 5.32 Å². The van der Waals surface area contributed by atoms with E-state index in [1.165, 1.54) is 19.1 Å². The number of sulfonamides is 1. The number of hydrogen-bond donors (Lipinski definition) is 2. The van der Waals surface area contributed by atoms with Gasteiger partial charge in [0.05, 0.1) is 17.0 Å². The second-order valence-corrected chi connectivity index (χ2v) is 8.46. The Kier molecular flexibility index (Phi) is 5.86. The summed E-state index contributed by atoms with van der Waals surface area (Å²) in [5.41, 5.74) is 1.58. The van der Waals surface area contributed by atoms with E-state index in [1.807, 2.05) is 0 Å². The fraction of sp³-hybridized carbons (Fsp3) is 0.105. The molecule has 0 unspecified atom stereocenters. The number of rotatable bonds is 7. The van der Waals surface area contributed by atoms with Gasteiger partial charge in [-0.25, -0.2) is 13.4 Å². The summed E-state index contributed by atoms with van der Waals surface area (Å²) in [6.45, 7) is 1.47. The van der Waals surface area contributed by atoms with Crippen LogP contribution in [0.1, 0.15) is 23.0 Å². The van der Waals surface area contributed by atoms with Gasteiger partial charge in [0.2, 0.25) is 5.91 Å². The molecule has 0 fully saturated rings. The van der Waals surface area contributed by atoms with Crippen molar-refractivity contribution in [1.29, 1.82) is 0 Å². The number of Topliss-reactive ketones (excluding diaryl/α,β-unsaturated/α-hetero) is 1. The van der Waals surface area contributed by atoms with Gasteiger partial charge in [0.1, 0.15) is 0 Å². The minimum Gasteiger partial charge on any atom is -0.326 e. The van der Waals surface area contributed by atoms with Crippen molar-refractivity contribution in [2.45, 2.75) is 18.2 Å². The number of carbonyl (C=O) groups is 2. The number of anilines is 2. The van der Waals surface area contributed by atoms with E-state index in [4.69, 9.17) is 0 Å². The van der Waals surface area contributed by atoms with Crippen molar-refractivity contribution in [2.75, 3.05) is 10.0 Å². The fourth-order valence-electron chi connectivity index (χ4n) is 2.37. The minimum absolute atomic E-state index is 0.00196. The zero-order valence-corrected chi connectivity index (χ0v) is 16.5. The maximum atomic E-state index is 12.3. The van der Waals surface area contributed by atoms with E-state index in [-0.39, 0.29) is 28.1 Å². The predicted molar refractivity (Wildman–Crippen MR) is 108 cm³/mol. The van der Waals surface area contributed by atoms with Gasteiger partial charge in [-0.05, 0) is 43.3 Å². The Morgan fingerprint density at radius 1 is 1.04 bits per heavy atom. The number of hydrogen-bond acceptors (Lipinski definition) is 6. The summed E-state index contributed by atoms with van der Waals surface area (Å²) in [5.74, 6) is -0.343. The van der Waals surface area contributed by atoms with Crippen molar-refractivity contribution in [1.82, 2.24) is 4.98 Å². The van der Waals surface area contributed by atoms with Crippen LogP contribution in [0, 0.1) is 0 Å². The number of aromatic nitrogens is 1. The average molecular weight is 415 g/mol. The van der Waals surface area contributed by atoms with Crippen LogP contribution >= 0.6 is 11.3 Å². The van der Waals surface area contributed by atoms with Crippen LogP contribution in [0.5, 0.6) is 0 Å². The number of nitrogens with zero attached hydrogens (tertiary/aromatic N) is 1. The first-order valence-corrected chi connectivity index (χ1v) is 10.6. The van der Waals surface area contributed by atoms with Crippen LogP contribution in [0.25, 0.3) is 0 Å². The highest BCUT2D eigenvalue weighted by molar-refractivity contribution is 7.93. The molecule has 28 heavy (non-hydrogen) atoms. The molecule has 1 aromatic heterocycles. The summed E-state index contributed by atoms with van der Waals surface area (Å²) in [6, 6.07) is 14.5. The van der Waals surface area contributed by atoms with Gasteiger partial charge in [-0.15, -0.1) is 11.3 Å². The highest BCUT2D eigenvalue weighted by Crippen LogP contribution is 2.20. The Morgan fingerprint density at radius 3 is 2.36 bits per heavy atom. The van der Waals surface area contributed by atoms with Gasteiger partial charge in [-0.2, -0.15) is 0 Å². The van der Waals surface area contributed by atoms with Crippen molar-refractivity contribution < 1.29 is 18.0 Å². The molecule has 144 valence electrons. The molecule has 3 aromatic rings. The van der Waals surface area contributed by atoms with Crippen LogP contribution in [0.2, 0.25) is 0 Å². The molecule has 2 N–H and O–H groups in total. The largest absolute Gasteiger partial charge is 0.326 e. The number of amides is 1. The van der Waals surface area contributed by atoms with Crippen LogP contribution < -0.4 is 10.0 Å². The molecule has 0 aliphatic heterocycles. The number of thiazole rings is 1. The van der Waals surface area contributed by atoms with Gasteiger partial charge in [-0.1, -0.05) is 18.2 Å². The smallest absolute Gasteiger partial charge is 0.263 e. The van der Waals surface area contributed by atoms with Crippen LogP contribution in [0.15, 0.2) is 64.9 Å². The number of nitrogens with one attached hydrogen (secondary N) is 2. The second-order valence-electron chi connectivity index (χ2n) is 5.92. The third kappa shape index (κ3) is 5.02. The number of benzene rings is 2. The molecule has 1 heterocycles. The summed E-state index contributed by atoms with van der Waals surface area (Å²) in [6.07, 6.45) is -0.00196. The summed E-state index contributed by atoms with van der Waals surface area (Å²) < 4.78 is 27.0. The van der Waals surface area contributed by atoms with E-state index in [1.54, 1.807) is 47.8 Å². The van der Waals surface area contributed by atoms with Crippen molar-refractivity contribution >= 4 is 43.9 Å². The Bertz CT molecular complexity index is 1090. The summed E-state index contributed by atoms with van der Waals surface area (Å²) in [7, 11) is -3.72. The molecular formula is C19H17N3O4S2. The molecule has 1 amide bonds. The molecule has 0 aliphatic rings. The fourth-order valence-corrected chi connectivity index (χ4v) is 4.35. The molecule has 2 aromatic carbocycles. The van der Waals surface area contributed by atoms with E-state index < -0.39 is 10.0 Å². The lowest BCUT2D eigenvalue weighted by molar-refractivity contribution is -0.115. The molecule has 0 atom stereocenters. The molecule has 9 heteroatoms. The summed E-state index contributed by atoms with van der Waals surface area (Å²) in [5, 5.41) is 4.53. The molecule has 0 spiro atoms. The Hall–Kier alpha value is -3.04. The van der Waals surface area contributed by atoms with Crippen molar-refractivity contribution in [3.05, 3.63) is 71.2 Å². The first-order valence-electron chi connectivity index (χ1n) is 8.26. The highest BCUT2D eigenvalue weighted by Gasteiger charge is 2.16. The van der Waals surface area contributed by atoms with Crippen LogP contribution in [-0.4, -0.2) is 25.1 Å². The zero-order chi connectivity index (χ0) is 20.1. The maximum Gasteiger partial charge on any atom is 0.263 e. The predicted octanol–water partition coefficient (Wildman–Crippen LogP) is 3.33. The number of ketones is 1. The maximum absolute atomic E-state index is 12.3. The Balaban J connectivity index is 1.61. The molecule has 0 aliphatic carbocycles. The monoisotopic (exact) mass is 415 g/mol. The quantitative estimate of drug-likeness (QED) is 0.576. The summed E-state index contributed by atoms with van der Waals surface area (Å²) in [4.78, 5) is 27.7. The molecule has 3 rings (SSSR count). The van der Waals surface area contributed by atoms with E-state index in [9.17, 15) is 18.0 Å². The molecule has 0 bridgehead atoms. The minimum atomic E-state index is -3.72. The van der Waals surface area contributed by atoms with Gasteiger partial charge in [0.15, 0.2) is 10.9 Å². The van der Waals surface area contributed by atoms with E-state index in [0.29, 0.717) is 16.9 Å². The standard InChI is InChI=1S/C19H17N3O4S2/c1-13(23)14-7-9-15(10-8-14)20-18(24)11-16-12-27-19(21-16)22-28(25,26)17-5-3-2-4-6-17/h2-10,12H,11H2,1H3,(H,20,24)(H,21,22). The normalized spacial score (nSPS) is 11.0. The molecule has 0 saturated heterocycles. The molecule has 0 radical (unpaired) electrons. The first-order chi connectivity index (χ1) is 13.3. The SMILES string of the molecule is CC(=O)c1ccc(NC(=O)Cc2csc(NS(=O)(=O)c3ccccc3)n2)cc1. The van der Waals surface area contributed by atoms with Crippen molar-refractivity contribution in [3.63, 3.8) is 0 Å². The lowest BCUT2D eigenvalue weighted by Gasteiger charge is -2.05. The molecule has 7 nitrogen and oxygen atoms in total. The third-order valence-electron chi connectivity index (χ3n) is 3.74. The Morgan fingerprint density at radius 2 is 1.71 bits per heavy atom. The second kappa shape index (κ2) is 8.32. The lowest BCUT2D eigenvalue weighted by Crippen LogP contribution is -2.15. The van der Waals surface area contributed by atoms with Gasteiger partial charge in [0, 0.05) is 16.6 Å². The summed E-state index contributed by atoms with van der Waals surface area (Å²) >= 11 is 1.11. The Labute approximate surface area is 166 Å². The van der Waals surface area contributed by atoms with E-state index >= 15 is 0 Å². The molecular weight excluding hydrogens is 398 g/mol. The molecule has 0 saturated carbocycles. The van der Waals surface area contributed by atoms with Crippen molar-refractivity contribution in [2.24, 2.45) is 0 Å². The lowest BCUT2D eigenvalue weighted by atomic mass is 10.1. The first kappa shape index (κ1) is 19.7. The third-order valence-corrected chi connectivity index (χ3v) is 6.03. The number of carbonyl (C=O) groups excluding carboxylic acids is 2. The van der Waals surface area contributed by atoms with Crippen LogP contribution in [0.4, 0.5) is 10.8 Å². The van der Waals surface area contributed by atoms with Crippen molar-refractivity contribution in [3.8, 4) is 0 Å². The highest BCUT2D eigenvalue weighted by atomic mass is 32.2. The van der Waals surface area contributed by atoms with Gasteiger partial charge in [-0.3, -0.25) is 14.3 Å². The van der Waals surface area contributed by atoms with Gasteiger partial charge in [0.25, 0.3) is 10.0 Å². The van der Waals surface area contributed by atoms with Crippen LogP contribution in [0.3, 0.4) is 0 Å². The van der Waals surface area contributed by atoms with Gasteiger partial charge >= 0.3 is 0 Å². The van der Waals surface area contributed by atoms with Crippen LogP contribution in [-0.2, 0) is 21.2 Å². The van der Waals surface area contributed by atoms with E-state index in [2.05, 4.69) is 15.0 Å².